The van der Waals surface area contributed by atoms with Crippen LogP contribution in [0.4, 0.5) is 17.1 Å². The highest BCUT2D eigenvalue weighted by atomic mass is 16.3. The fraction of sp³-hybridized carbons (Fsp3) is 0. The Morgan fingerprint density at radius 1 is 0.339 bits per heavy atom. The molecule has 56 heavy (non-hydrogen) atoms. The molecule has 11 rings (SSSR count). The molecule has 0 aliphatic heterocycles. The van der Waals surface area contributed by atoms with E-state index in [9.17, 15) is 0 Å². The van der Waals surface area contributed by atoms with Gasteiger partial charge in [-0.1, -0.05) is 84.9 Å². The molecule has 5 nitrogen and oxygen atoms in total. The third kappa shape index (κ3) is 5.62. The van der Waals surface area contributed by atoms with Crippen molar-refractivity contribution in [3.63, 3.8) is 0 Å². The predicted molar refractivity (Wildman–Crippen MR) is 231 cm³/mol. The van der Waals surface area contributed by atoms with Gasteiger partial charge >= 0.3 is 0 Å². The van der Waals surface area contributed by atoms with Crippen molar-refractivity contribution in [2.75, 3.05) is 4.90 Å². The molecule has 0 spiro atoms. The molecular formula is C51H32N4O. The Bertz CT molecular complexity index is 3140. The summed E-state index contributed by atoms with van der Waals surface area (Å²) in [7, 11) is 0. The normalized spacial score (nSPS) is 11.6. The van der Waals surface area contributed by atoms with Gasteiger partial charge < -0.3 is 9.32 Å². The van der Waals surface area contributed by atoms with Gasteiger partial charge in [0.2, 0.25) is 5.71 Å². The van der Waals surface area contributed by atoms with Crippen LogP contribution in [0.1, 0.15) is 0 Å². The van der Waals surface area contributed by atoms with Crippen LogP contribution in [0.5, 0.6) is 0 Å². The van der Waals surface area contributed by atoms with E-state index in [1.807, 2.05) is 36.7 Å². The summed E-state index contributed by atoms with van der Waals surface area (Å²) in [6.45, 7) is 0. The molecule has 0 aliphatic carbocycles. The Balaban J connectivity index is 0.974. The van der Waals surface area contributed by atoms with Crippen LogP contribution >= 0.6 is 0 Å². The van der Waals surface area contributed by atoms with Gasteiger partial charge in [0, 0.05) is 57.2 Å². The van der Waals surface area contributed by atoms with Crippen molar-refractivity contribution in [2.24, 2.45) is 0 Å². The molecule has 11 aromatic rings. The highest BCUT2D eigenvalue weighted by molar-refractivity contribution is 6.05. The summed E-state index contributed by atoms with van der Waals surface area (Å²) in [6.07, 6.45) is 5.46. The minimum atomic E-state index is 0.663. The second-order valence-electron chi connectivity index (χ2n) is 14.2. The lowest BCUT2D eigenvalue weighted by Gasteiger charge is -2.26. The van der Waals surface area contributed by atoms with Crippen LogP contribution in [0.25, 0.3) is 88.0 Å². The van der Waals surface area contributed by atoms with Crippen molar-refractivity contribution < 1.29 is 4.42 Å². The van der Waals surface area contributed by atoms with E-state index in [-0.39, 0.29) is 0 Å². The number of aromatic nitrogens is 3. The molecule has 0 bridgehead atoms. The second-order valence-corrected chi connectivity index (χ2v) is 14.2. The van der Waals surface area contributed by atoms with Crippen LogP contribution in [-0.4, -0.2) is 15.0 Å². The Morgan fingerprint density at radius 3 is 1.48 bits per heavy atom. The van der Waals surface area contributed by atoms with Crippen molar-refractivity contribution in [2.45, 2.75) is 0 Å². The van der Waals surface area contributed by atoms with E-state index >= 15 is 0 Å². The van der Waals surface area contributed by atoms with E-state index in [1.54, 1.807) is 6.20 Å². The number of pyridine rings is 3. The van der Waals surface area contributed by atoms with Gasteiger partial charge in [0.1, 0.15) is 5.58 Å². The topological polar surface area (TPSA) is 55.1 Å². The van der Waals surface area contributed by atoms with Gasteiger partial charge in [0.25, 0.3) is 0 Å². The minimum absolute atomic E-state index is 0.663. The average molecular weight is 717 g/mol. The van der Waals surface area contributed by atoms with E-state index in [1.165, 1.54) is 5.39 Å². The molecule has 0 N–H and O–H groups in total. The van der Waals surface area contributed by atoms with Crippen LogP contribution in [0.15, 0.2) is 199 Å². The Kier molecular flexibility index (Phi) is 7.42. The molecule has 0 radical (unpaired) electrons. The number of hydrogen-bond donors (Lipinski definition) is 0. The number of rotatable bonds is 6. The quantitative estimate of drug-likeness (QED) is 0.171. The third-order valence-corrected chi connectivity index (χ3v) is 10.8. The molecule has 4 heterocycles. The second kappa shape index (κ2) is 13.0. The lowest BCUT2D eigenvalue weighted by Crippen LogP contribution is -2.09. The van der Waals surface area contributed by atoms with Gasteiger partial charge in [-0.05, 0) is 135 Å². The first-order chi connectivity index (χ1) is 27.7. The zero-order valence-electron chi connectivity index (χ0n) is 30.2. The summed E-state index contributed by atoms with van der Waals surface area (Å²) >= 11 is 0. The maximum absolute atomic E-state index is 5.99. The Morgan fingerprint density at radius 2 is 0.821 bits per heavy atom. The van der Waals surface area contributed by atoms with Gasteiger partial charge in [-0.3, -0.25) is 9.97 Å². The minimum Gasteiger partial charge on any atom is -0.438 e. The molecule has 4 aromatic heterocycles. The van der Waals surface area contributed by atoms with Gasteiger partial charge in [-0.2, -0.15) is 0 Å². The van der Waals surface area contributed by atoms with Crippen LogP contribution in [0.3, 0.4) is 0 Å². The molecule has 0 fully saturated rings. The summed E-state index contributed by atoms with van der Waals surface area (Å²) in [5.74, 6) is 0. The van der Waals surface area contributed by atoms with Gasteiger partial charge in [-0.15, -0.1) is 0 Å². The van der Waals surface area contributed by atoms with E-state index in [4.69, 9.17) is 4.42 Å². The SMILES string of the molecule is c1cnc2cc(-c3ccc(N(c4ccc(-c5ccc6cccnc6c5)cc4)c4ccc5cc(-c6ccc7oc8ncccc8c7c6)ccc5c4)cc3)ccc2c1. The predicted octanol–water partition coefficient (Wildman–Crippen LogP) is 13.7. The molecule has 0 atom stereocenters. The molecule has 0 amide bonds. The summed E-state index contributed by atoms with van der Waals surface area (Å²) < 4.78 is 5.99. The van der Waals surface area contributed by atoms with Gasteiger partial charge in [-0.25, -0.2) is 4.98 Å². The van der Waals surface area contributed by atoms with E-state index in [0.29, 0.717) is 5.71 Å². The molecular weight excluding hydrogens is 685 g/mol. The monoisotopic (exact) mass is 716 g/mol. The number of fused-ring (bicyclic) bond motifs is 6. The van der Waals surface area contributed by atoms with Crippen molar-refractivity contribution >= 4 is 71.7 Å². The van der Waals surface area contributed by atoms with Crippen molar-refractivity contribution in [1.29, 1.82) is 0 Å². The highest BCUT2D eigenvalue weighted by Gasteiger charge is 2.15. The standard InChI is InChI=1S/C51H32N4O/c1-4-35-7-9-41(31-48(35)52-25-1)33-13-19-43(20-14-33)55(44-21-15-34(16-22-44)42-10-8-36-5-2-26-53-49(36)32-42)45-23-17-38-28-37(11-12-39(38)29-45)40-18-24-50-47(30-40)46-6-3-27-54-51(46)56-50/h1-32H. The highest BCUT2D eigenvalue weighted by Crippen LogP contribution is 2.39. The molecule has 0 saturated carbocycles. The molecule has 0 unspecified atom stereocenters. The largest absolute Gasteiger partial charge is 0.438 e. The summed E-state index contributed by atoms with van der Waals surface area (Å²) in [5, 5.41) is 6.70. The van der Waals surface area contributed by atoms with Crippen LogP contribution in [0.2, 0.25) is 0 Å². The summed E-state index contributed by atoms with van der Waals surface area (Å²) in [4.78, 5) is 15.9. The fourth-order valence-corrected chi connectivity index (χ4v) is 7.89. The zero-order valence-corrected chi connectivity index (χ0v) is 30.2. The molecule has 5 heteroatoms. The number of anilines is 3. The molecule has 0 aliphatic rings. The van der Waals surface area contributed by atoms with Crippen LogP contribution in [-0.2, 0) is 0 Å². The lowest BCUT2D eigenvalue weighted by molar-refractivity contribution is 0.654. The van der Waals surface area contributed by atoms with Crippen LogP contribution in [0, 0.1) is 0 Å². The van der Waals surface area contributed by atoms with Crippen LogP contribution < -0.4 is 4.90 Å². The smallest absolute Gasteiger partial charge is 0.227 e. The Labute approximate surface area is 322 Å². The molecule has 7 aromatic carbocycles. The van der Waals surface area contributed by atoms with Gasteiger partial charge in [0.15, 0.2) is 0 Å². The average Bonchev–Trinajstić information content (AvgIpc) is 3.64. The van der Waals surface area contributed by atoms with E-state index in [2.05, 4.69) is 172 Å². The first kappa shape index (κ1) is 31.9. The fourth-order valence-electron chi connectivity index (χ4n) is 7.89. The number of nitrogens with zero attached hydrogens (tertiary/aromatic N) is 4. The van der Waals surface area contributed by atoms with Crippen molar-refractivity contribution in [1.82, 2.24) is 15.0 Å². The molecule has 0 saturated heterocycles. The first-order valence-corrected chi connectivity index (χ1v) is 18.7. The summed E-state index contributed by atoms with van der Waals surface area (Å²) in [5.41, 5.74) is 13.6. The van der Waals surface area contributed by atoms with Gasteiger partial charge in [0.05, 0.1) is 11.0 Å². The van der Waals surface area contributed by atoms with E-state index in [0.717, 1.165) is 94.0 Å². The third-order valence-electron chi connectivity index (χ3n) is 10.8. The first-order valence-electron chi connectivity index (χ1n) is 18.7. The number of furan rings is 1. The van der Waals surface area contributed by atoms with Crippen molar-refractivity contribution in [3.8, 4) is 33.4 Å². The van der Waals surface area contributed by atoms with E-state index < -0.39 is 0 Å². The number of hydrogen-bond acceptors (Lipinski definition) is 5. The maximum atomic E-state index is 5.99. The Hall–Kier alpha value is -7.63. The zero-order chi connectivity index (χ0) is 37.0. The lowest BCUT2D eigenvalue weighted by atomic mass is 9.99. The maximum Gasteiger partial charge on any atom is 0.227 e. The molecule has 262 valence electrons. The summed E-state index contributed by atoms with van der Waals surface area (Å²) in [6, 6.07) is 62.5. The van der Waals surface area contributed by atoms with Crippen molar-refractivity contribution in [3.05, 3.63) is 195 Å². The number of benzene rings is 7.